The van der Waals surface area contributed by atoms with Gasteiger partial charge in [-0.25, -0.2) is 14.4 Å². The van der Waals surface area contributed by atoms with E-state index in [1.807, 2.05) is 47.6 Å². The van der Waals surface area contributed by atoms with E-state index >= 15 is 0 Å². The lowest BCUT2D eigenvalue weighted by atomic mass is 9.73. The number of rotatable bonds is 20. The molecule has 1 aliphatic rings. The molecule has 0 fully saturated rings. The molecule has 0 N–H and O–H groups in total. The van der Waals surface area contributed by atoms with Gasteiger partial charge in [0.25, 0.3) is 0 Å². The van der Waals surface area contributed by atoms with E-state index in [9.17, 15) is 14.4 Å². The highest BCUT2D eigenvalue weighted by molar-refractivity contribution is 5.90. The Bertz CT molecular complexity index is 1430. The standard InChI is InChI=1S/C39H54O10/c1-13-21-43-31-28(17-18-30(33(31)45-23-15-3)47-35(40)25(5)6)38(11,12)29-19-20-39(48-36(41)26(7)8,49-37(42)27(9)10)34(46-24-16-4)32(29)44-22-14-2/h17-20,34H,5,7,9,13-16,21-24H2,1-4,6,8,10-12H3. The Labute approximate surface area is 291 Å². The zero-order valence-electron chi connectivity index (χ0n) is 30.7. The van der Waals surface area contributed by atoms with Gasteiger partial charge in [0.05, 0.1) is 19.8 Å². The monoisotopic (exact) mass is 682 g/mol. The second-order valence-corrected chi connectivity index (χ2v) is 12.5. The quantitative estimate of drug-likeness (QED) is 0.0580. The fourth-order valence-corrected chi connectivity index (χ4v) is 4.80. The minimum atomic E-state index is -2.04. The zero-order valence-corrected chi connectivity index (χ0v) is 30.7. The smallest absolute Gasteiger partial charge is 0.338 e. The lowest BCUT2D eigenvalue weighted by molar-refractivity contribution is -0.242. The SMILES string of the molecule is C=C(C)C(=O)Oc1ccc(C(C)(C)C2=C(OCCC)C(OCCC)C(OC(=O)C(=C)C)(OC(=O)C(=C)C)C=C2)c(OCCC)c1OCCC. The Kier molecular flexibility index (Phi) is 15.4. The van der Waals surface area contributed by atoms with E-state index in [1.54, 1.807) is 19.1 Å². The van der Waals surface area contributed by atoms with Crippen molar-refractivity contribution in [2.45, 2.75) is 105 Å². The third-order valence-electron chi connectivity index (χ3n) is 7.38. The van der Waals surface area contributed by atoms with Crippen molar-refractivity contribution in [2.75, 3.05) is 26.4 Å². The molecule has 1 aliphatic carbocycles. The van der Waals surface area contributed by atoms with Crippen LogP contribution in [-0.4, -0.2) is 56.2 Å². The maximum absolute atomic E-state index is 13.1. The van der Waals surface area contributed by atoms with Crippen molar-refractivity contribution in [3.8, 4) is 17.2 Å². The van der Waals surface area contributed by atoms with Crippen LogP contribution in [0.3, 0.4) is 0 Å². The van der Waals surface area contributed by atoms with Crippen LogP contribution in [0.5, 0.6) is 17.2 Å². The van der Waals surface area contributed by atoms with Crippen molar-refractivity contribution < 1.29 is 47.5 Å². The number of esters is 3. The molecule has 0 saturated carbocycles. The van der Waals surface area contributed by atoms with Crippen LogP contribution in [0, 0.1) is 0 Å². The first-order chi connectivity index (χ1) is 23.1. The van der Waals surface area contributed by atoms with E-state index in [1.165, 1.54) is 19.9 Å². The van der Waals surface area contributed by atoms with Gasteiger partial charge in [-0.2, -0.15) is 0 Å². The molecule has 0 heterocycles. The summed E-state index contributed by atoms with van der Waals surface area (Å²) in [6.45, 7) is 28.7. The van der Waals surface area contributed by atoms with Crippen molar-refractivity contribution in [2.24, 2.45) is 0 Å². The molecular weight excluding hydrogens is 628 g/mol. The lowest BCUT2D eigenvalue weighted by Gasteiger charge is -2.42. The fraction of sp³-hybridized carbons (Fsp3) is 0.513. The predicted molar refractivity (Wildman–Crippen MR) is 188 cm³/mol. The maximum atomic E-state index is 13.1. The Balaban J connectivity index is 2.99. The van der Waals surface area contributed by atoms with E-state index in [-0.39, 0.29) is 41.4 Å². The number of hydrogen-bond acceptors (Lipinski definition) is 10. The molecule has 0 amide bonds. The molecule has 270 valence electrons. The molecule has 0 aromatic heterocycles. The van der Waals surface area contributed by atoms with Crippen molar-refractivity contribution in [1.82, 2.24) is 0 Å². The van der Waals surface area contributed by atoms with Crippen molar-refractivity contribution in [1.29, 1.82) is 0 Å². The normalized spacial score (nSPS) is 15.2. The van der Waals surface area contributed by atoms with Crippen molar-refractivity contribution in [3.63, 3.8) is 0 Å². The van der Waals surface area contributed by atoms with Gasteiger partial charge in [0.2, 0.25) is 5.75 Å². The molecule has 1 aromatic carbocycles. The maximum Gasteiger partial charge on any atom is 0.338 e. The van der Waals surface area contributed by atoms with E-state index in [0.717, 1.165) is 0 Å². The Morgan fingerprint density at radius 3 is 1.69 bits per heavy atom. The zero-order chi connectivity index (χ0) is 36.9. The first kappa shape index (κ1) is 40.9. The lowest BCUT2D eigenvalue weighted by Crippen LogP contribution is -2.53. The molecule has 0 bridgehead atoms. The van der Waals surface area contributed by atoms with Gasteiger partial charge in [-0.15, -0.1) is 0 Å². The minimum absolute atomic E-state index is 0.101. The van der Waals surface area contributed by atoms with Crippen LogP contribution < -0.4 is 14.2 Å². The molecule has 0 radical (unpaired) electrons. The summed E-state index contributed by atoms with van der Waals surface area (Å²) >= 11 is 0. The Morgan fingerprint density at radius 1 is 0.714 bits per heavy atom. The van der Waals surface area contributed by atoms with Crippen molar-refractivity contribution in [3.05, 3.63) is 77.6 Å². The average Bonchev–Trinajstić information content (AvgIpc) is 3.04. The summed E-state index contributed by atoms with van der Waals surface area (Å²) in [4.78, 5) is 38.8. The van der Waals surface area contributed by atoms with Gasteiger partial charge in [-0.3, -0.25) is 0 Å². The van der Waals surface area contributed by atoms with Gasteiger partial charge in [-0.1, -0.05) is 73.4 Å². The van der Waals surface area contributed by atoms with Gasteiger partial charge in [0, 0.05) is 46.0 Å². The van der Waals surface area contributed by atoms with E-state index in [2.05, 4.69) is 19.7 Å². The summed E-state index contributed by atoms with van der Waals surface area (Å²) in [5.74, 6) is -3.01. The van der Waals surface area contributed by atoms with Crippen molar-refractivity contribution >= 4 is 17.9 Å². The van der Waals surface area contributed by atoms with Crippen LogP contribution in [0.1, 0.15) is 93.6 Å². The molecule has 2 rings (SSSR count). The molecule has 10 nitrogen and oxygen atoms in total. The highest BCUT2D eigenvalue weighted by atomic mass is 16.8. The van der Waals surface area contributed by atoms with E-state index in [0.29, 0.717) is 61.5 Å². The summed E-state index contributed by atoms with van der Waals surface area (Å²) in [7, 11) is 0. The first-order valence-electron chi connectivity index (χ1n) is 16.9. The van der Waals surface area contributed by atoms with Gasteiger partial charge in [0.1, 0.15) is 5.76 Å². The molecule has 0 spiro atoms. The second-order valence-electron chi connectivity index (χ2n) is 12.5. The Hall–Kier alpha value is -4.31. The summed E-state index contributed by atoms with van der Waals surface area (Å²) in [6.07, 6.45) is 4.66. The van der Waals surface area contributed by atoms with Crippen LogP contribution in [0.25, 0.3) is 0 Å². The first-order valence-corrected chi connectivity index (χ1v) is 16.9. The summed E-state index contributed by atoms with van der Waals surface area (Å²) in [5, 5.41) is 0. The molecule has 10 heteroatoms. The third kappa shape index (κ3) is 10.1. The molecule has 49 heavy (non-hydrogen) atoms. The largest absolute Gasteiger partial charge is 0.495 e. The molecule has 1 unspecified atom stereocenters. The molecule has 0 saturated heterocycles. The number of hydrogen-bond donors (Lipinski definition) is 0. The highest BCUT2D eigenvalue weighted by Crippen LogP contribution is 2.50. The Morgan fingerprint density at radius 2 is 1.20 bits per heavy atom. The van der Waals surface area contributed by atoms with Gasteiger partial charge < -0.3 is 33.2 Å². The second kappa shape index (κ2) is 18.5. The average molecular weight is 683 g/mol. The molecule has 1 atom stereocenters. The van der Waals surface area contributed by atoms with E-state index in [4.69, 9.17) is 33.2 Å². The molecule has 1 aromatic rings. The number of carbonyl (C=O) groups is 3. The van der Waals surface area contributed by atoms with Crippen LogP contribution in [0.2, 0.25) is 0 Å². The predicted octanol–water partition coefficient (Wildman–Crippen LogP) is 8.00. The van der Waals surface area contributed by atoms with Crippen LogP contribution in [0.15, 0.2) is 72.1 Å². The number of ether oxygens (including phenoxy) is 7. The number of benzene rings is 1. The van der Waals surface area contributed by atoms with Gasteiger partial charge in [-0.05, 0) is 52.5 Å². The number of carbonyl (C=O) groups excluding carboxylic acids is 3. The molecule has 0 aliphatic heterocycles. The molecular formula is C39H54O10. The van der Waals surface area contributed by atoms with Gasteiger partial charge in [0.15, 0.2) is 17.6 Å². The fourth-order valence-electron chi connectivity index (χ4n) is 4.80. The van der Waals surface area contributed by atoms with Crippen LogP contribution >= 0.6 is 0 Å². The summed E-state index contributed by atoms with van der Waals surface area (Å²) in [5.41, 5.74) is 0.872. The highest BCUT2D eigenvalue weighted by Gasteiger charge is 2.53. The van der Waals surface area contributed by atoms with Gasteiger partial charge >= 0.3 is 23.7 Å². The summed E-state index contributed by atoms with van der Waals surface area (Å²) < 4.78 is 42.9. The minimum Gasteiger partial charge on any atom is -0.495 e. The summed E-state index contributed by atoms with van der Waals surface area (Å²) in [6, 6.07) is 3.48. The third-order valence-corrected chi connectivity index (χ3v) is 7.38. The van der Waals surface area contributed by atoms with Crippen LogP contribution in [0.4, 0.5) is 0 Å². The van der Waals surface area contributed by atoms with Crippen LogP contribution in [-0.2, 0) is 38.7 Å². The van der Waals surface area contributed by atoms with E-state index < -0.39 is 35.2 Å². The number of allylic oxidation sites excluding steroid dienone is 2. The topological polar surface area (TPSA) is 116 Å².